The number of halogens is 1. The van der Waals surface area contributed by atoms with Crippen LogP contribution >= 0.6 is 11.6 Å². The summed E-state index contributed by atoms with van der Waals surface area (Å²) in [5.74, 6) is 0.0909. The molecular formula is C11H14ClNO2. The van der Waals surface area contributed by atoms with Gasteiger partial charge in [-0.25, -0.2) is 0 Å². The Morgan fingerprint density at radius 1 is 1.20 bits per heavy atom. The van der Waals surface area contributed by atoms with Crippen LogP contribution in [0.2, 0.25) is 5.02 Å². The van der Waals surface area contributed by atoms with Gasteiger partial charge in [0, 0.05) is 10.6 Å². The van der Waals surface area contributed by atoms with E-state index in [1.807, 2.05) is 0 Å². The number of aromatic hydroxyl groups is 2. The maximum atomic E-state index is 9.78. The van der Waals surface area contributed by atoms with Crippen molar-refractivity contribution in [2.45, 2.75) is 18.8 Å². The number of hydrogen-bond donors (Lipinski definition) is 3. The number of benzene rings is 1. The Kier molecular flexibility index (Phi) is 3.03. The number of nitrogens with one attached hydrogen (secondary N) is 1. The second-order valence-electron chi connectivity index (χ2n) is 3.85. The summed E-state index contributed by atoms with van der Waals surface area (Å²) in [6, 6.07) is 3.05. The van der Waals surface area contributed by atoms with Crippen molar-refractivity contribution in [3.63, 3.8) is 0 Å². The van der Waals surface area contributed by atoms with Crippen LogP contribution in [0.5, 0.6) is 11.5 Å². The summed E-state index contributed by atoms with van der Waals surface area (Å²) < 4.78 is 0. The zero-order chi connectivity index (χ0) is 10.8. The van der Waals surface area contributed by atoms with Crippen molar-refractivity contribution in [2.75, 3.05) is 13.1 Å². The Morgan fingerprint density at radius 2 is 1.87 bits per heavy atom. The molecule has 2 rings (SSSR count). The molecule has 1 aliphatic heterocycles. The minimum absolute atomic E-state index is 0.0607. The van der Waals surface area contributed by atoms with Crippen LogP contribution in [0.15, 0.2) is 12.1 Å². The molecule has 3 nitrogen and oxygen atoms in total. The highest BCUT2D eigenvalue weighted by Crippen LogP contribution is 2.41. The second kappa shape index (κ2) is 4.29. The molecule has 15 heavy (non-hydrogen) atoms. The van der Waals surface area contributed by atoms with E-state index in [-0.39, 0.29) is 17.4 Å². The van der Waals surface area contributed by atoms with Gasteiger partial charge in [-0.05, 0) is 44.0 Å². The molecule has 0 spiro atoms. The minimum atomic E-state index is -0.0899. The molecule has 0 amide bonds. The number of piperidine rings is 1. The lowest BCUT2D eigenvalue weighted by atomic mass is 9.89. The maximum absolute atomic E-state index is 9.78. The van der Waals surface area contributed by atoms with Gasteiger partial charge in [0.25, 0.3) is 0 Å². The molecule has 82 valence electrons. The highest BCUT2D eigenvalue weighted by molar-refractivity contribution is 6.31. The maximum Gasteiger partial charge on any atom is 0.162 e. The van der Waals surface area contributed by atoms with E-state index in [1.165, 1.54) is 6.07 Å². The number of rotatable bonds is 1. The summed E-state index contributed by atoms with van der Waals surface area (Å²) in [5, 5.41) is 23.0. The van der Waals surface area contributed by atoms with Gasteiger partial charge in [-0.1, -0.05) is 11.6 Å². The van der Waals surface area contributed by atoms with Crippen LogP contribution in [0.3, 0.4) is 0 Å². The Balaban J connectivity index is 2.36. The molecule has 0 unspecified atom stereocenters. The lowest BCUT2D eigenvalue weighted by Gasteiger charge is -2.24. The van der Waals surface area contributed by atoms with Crippen molar-refractivity contribution in [1.82, 2.24) is 5.32 Å². The lowest BCUT2D eigenvalue weighted by molar-refractivity contribution is 0.385. The van der Waals surface area contributed by atoms with E-state index in [9.17, 15) is 10.2 Å². The Labute approximate surface area is 93.7 Å². The summed E-state index contributed by atoms with van der Waals surface area (Å²) in [4.78, 5) is 0. The Bertz CT molecular complexity index is 362. The van der Waals surface area contributed by atoms with Crippen LogP contribution in [-0.2, 0) is 0 Å². The first-order valence-electron chi connectivity index (χ1n) is 5.11. The molecule has 0 bridgehead atoms. The quantitative estimate of drug-likeness (QED) is 0.645. The number of phenols is 2. The Morgan fingerprint density at radius 3 is 2.53 bits per heavy atom. The third kappa shape index (κ3) is 2.03. The molecule has 4 heteroatoms. The fraction of sp³-hybridized carbons (Fsp3) is 0.455. The van der Waals surface area contributed by atoms with Crippen LogP contribution in [0.4, 0.5) is 0 Å². The predicted molar refractivity (Wildman–Crippen MR) is 59.6 cm³/mol. The summed E-state index contributed by atoms with van der Waals surface area (Å²) in [7, 11) is 0. The lowest BCUT2D eigenvalue weighted by Crippen LogP contribution is -2.26. The molecule has 1 aromatic rings. The van der Waals surface area contributed by atoms with Gasteiger partial charge in [-0.15, -0.1) is 0 Å². The zero-order valence-corrected chi connectivity index (χ0v) is 9.09. The normalized spacial score (nSPS) is 17.9. The summed E-state index contributed by atoms with van der Waals surface area (Å²) in [6.07, 6.45) is 1.88. The smallest absolute Gasteiger partial charge is 0.162 e. The van der Waals surface area contributed by atoms with E-state index in [0.717, 1.165) is 25.9 Å². The molecule has 3 N–H and O–H groups in total. The van der Waals surface area contributed by atoms with E-state index >= 15 is 0 Å². The van der Waals surface area contributed by atoms with Gasteiger partial charge < -0.3 is 15.5 Å². The first kappa shape index (κ1) is 10.6. The molecule has 0 saturated carbocycles. The molecule has 0 aromatic heterocycles. The van der Waals surface area contributed by atoms with Gasteiger partial charge in [0.05, 0.1) is 0 Å². The van der Waals surface area contributed by atoms with Gasteiger partial charge in [0.1, 0.15) is 0 Å². The van der Waals surface area contributed by atoms with Gasteiger partial charge in [-0.3, -0.25) is 0 Å². The minimum Gasteiger partial charge on any atom is -0.504 e. The average molecular weight is 228 g/mol. The van der Waals surface area contributed by atoms with Crippen molar-refractivity contribution >= 4 is 11.6 Å². The van der Waals surface area contributed by atoms with Crippen molar-refractivity contribution in [1.29, 1.82) is 0 Å². The fourth-order valence-electron chi connectivity index (χ4n) is 2.07. The monoisotopic (exact) mass is 227 g/mol. The summed E-state index contributed by atoms with van der Waals surface area (Å²) in [6.45, 7) is 1.85. The molecule has 1 saturated heterocycles. The second-order valence-corrected chi connectivity index (χ2v) is 4.26. The predicted octanol–water partition coefficient (Wildman–Crippen LogP) is 2.22. The molecule has 0 aliphatic carbocycles. The third-order valence-electron chi connectivity index (χ3n) is 2.89. The molecule has 1 aromatic carbocycles. The highest BCUT2D eigenvalue weighted by Gasteiger charge is 2.22. The van der Waals surface area contributed by atoms with Crippen molar-refractivity contribution in [2.24, 2.45) is 0 Å². The number of phenolic OH excluding ortho intramolecular Hbond substituents is 2. The SMILES string of the molecule is Oc1ccc(Cl)c(C2CCNCC2)c1O. The van der Waals surface area contributed by atoms with Crippen LogP contribution in [0.1, 0.15) is 24.3 Å². The highest BCUT2D eigenvalue weighted by atomic mass is 35.5. The molecule has 1 fully saturated rings. The molecule has 0 atom stereocenters. The van der Waals surface area contributed by atoms with Gasteiger partial charge >= 0.3 is 0 Å². The largest absolute Gasteiger partial charge is 0.504 e. The van der Waals surface area contributed by atoms with E-state index < -0.39 is 0 Å². The van der Waals surface area contributed by atoms with Crippen molar-refractivity contribution in [3.8, 4) is 11.5 Å². The van der Waals surface area contributed by atoms with Crippen LogP contribution in [0.25, 0.3) is 0 Å². The number of hydrogen-bond acceptors (Lipinski definition) is 3. The van der Waals surface area contributed by atoms with Crippen molar-refractivity contribution in [3.05, 3.63) is 22.7 Å². The van der Waals surface area contributed by atoms with E-state index in [1.54, 1.807) is 6.07 Å². The zero-order valence-electron chi connectivity index (χ0n) is 8.33. The van der Waals surface area contributed by atoms with Gasteiger partial charge in [0.15, 0.2) is 11.5 Å². The standard InChI is InChI=1S/C11H14ClNO2/c12-8-1-2-9(14)11(15)10(8)7-3-5-13-6-4-7/h1-2,7,13-15H,3-6H2. The average Bonchev–Trinajstić information content (AvgIpc) is 2.26. The first-order valence-corrected chi connectivity index (χ1v) is 5.49. The van der Waals surface area contributed by atoms with Crippen LogP contribution < -0.4 is 5.32 Å². The van der Waals surface area contributed by atoms with E-state index in [4.69, 9.17) is 11.6 Å². The Hall–Kier alpha value is -0.930. The first-order chi connectivity index (χ1) is 7.20. The van der Waals surface area contributed by atoms with Crippen molar-refractivity contribution < 1.29 is 10.2 Å². The molecular weight excluding hydrogens is 214 g/mol. The molecule has 1 aliphatic rings. The van der Waals surface area contributed by atoms with Crippen LogP contribution in [-0.4, -0.2) is 23.3 Å². The summed E-state index contributed by atoms with van der Waals surface area (Å²) in [5.41, 5.74) is 0.693. The summed E-state index contributed by atoms with van der Waals surface area (Å²) >= 11 is 6.04. The molecule has 0 radical (unpaired) electrons. The fourth-order valence-corrected chi connectivity index (χ4v) is 2.38. The molecule has 1 heterocycles. The van der Waals surface area contributed by atoms with E-state index in [0.29, 0.717) is 10.6 Å². The third-order valence-corrected chi connectivity index (χ3v) is 3.22. The van der Waals surface area contributed by atoms with Gasteiger partial charge in [0.2, 0.25) is 0 Å². The van der Waals surface area contributed by atoms with Gasteiger partial charge in [-0.2, -0.15) is 0 Å². The topological polar surface area (TPSA) is 52.5 Å². The van der Waals surface area contributed by atoms with Crippen LogP contribution in [0, 0.1) is 0 Å². The van der Waals surface area contributed by atoms with E-state index in [2.05, 4.69) is 5.32 Å².